The molecule has 6 aromatic heterocycles. The second-order valence-corrected chi connectivity index (χ2v) is 31.0. The minimum Gasteiger partial charge on any atom is -0.440 e. The summed E-state index contributed by atoms with van der Waals surface area (Å²) >= 11 is 1.80. The van der Waals surface area contributed by atoms with E-state index < -0.39 is 0 Å². The molecule has 15 rings (SSSR count). The normalized spacial score (nSPS) is 12.1. The van der Waals surface area contributed by atoms with E-state index in [9.17, 15) is 4.79 Å². The number of aromatic nitrogens is 7. The molecule has 0 bridgehead atoms. The van der Waals surface area contributed by atoms with E-state index in [0.29, 0.717) is 54.1 Å². The van der Waals surface area contributed by atoms with Crippen molar-refractivity contribution in [1.29, 1.82) is 0 Å². The van der Waals surface area contributed by atoms with Gasteiger partial charge in [0.1, 0.15) is 11.0 Å². The number of unbranched alkanes of at least 4 members (excludes halogenated alkanes) is 2. The lowest BCUT2D eigenvalue weighted by molar-refractivity contribution is 0.0979. The highest BCUT2D eigenvalue weighted by molar-refractivity contribution is 7.18. The number of thiazole rings is 1. The number of nitrogens with zero attached hydrogens (tertiary/aromatic N) is 9. The van der Waals surface area contributed by atoms with E-state index >= 15 is 0 Å². The summed E-state index contributed by atoms with van der Waals surface area (Å²) < 4.78 is 19.2. The lowest BCUT2D eigenvalue weighted by atomic mass is 9.98. The van der Waals surface area contributed by atoms with Crippen LogP contribution in [0.2, 0.25) is 0 Å². The highest BCUT2D eigenvalue weighted by Gasteiger charge is 2.20. The van der Waals surface area contributed by atoms with Crippen LogP contribution < -0.4 is 0 Å². The Labute approximate surface area is 624 Å². The minimum absolute atomic E-state index is 0.272. The van der Waals surface area contributed by atoms with E-state index in [2.05, 4.69) is 305 Å². The third-order valence-corrected chi connectivity index (χ3v) is 19.6. The topological polar surface area (TPSA) is 134 Å². The molecule has 8 heterocycles. The first-order valence-corrected chi connectivity index (χ1v) is 38.5. The van der Waals surface area contributed by atoms with Crippen molar-refractivity contribution in [1.82, 2.24) is 33.6 Å². The molecule has 548 valence electrons. The predicted octanol–water partition coefficient (Wildman–Crippen LogP) is 26.5. The van der Waals surface area contributed by atoms with Gasteiger partial charge in [0.05, 0.1) is 32.9 Å². The molecular weight excluding hydrogens is 1300 g/mol. The number of Topliss-reactive ketones (excluding diaryl/α,β-unsaturated/α-hetero) is 1. The van der Waals surface area contributed by atoms with E-state index in [4.69, 9.17) is 8.83 Å². The van der Waals surface area contributed by atoms with Gasteiger partial charge in [-0.1, -0.05) is 156 Å². The van der Waals surface area contributed by atoms with Crippen molar-refractivity contribution < 1.29 is 13.6 Å². The maximum Gasteiger partial charge on any atom is 0.198 e. The molecule has 0 spiro atoms. The van der Waals surface area contributed by atoms with Crippen LogP contribution in [0.1, 0.15) is 245 Å². The molecule has 104 heavy (non-hydrogen) atoms. The summed E-state index contributed by atoms with van der Waals surface area (Å²) in [5, 5.41) is 3.90. The SMILES string of the molecule is CC(C)n1ccc2ccccc21.CC(C)n1ccnc1.CCCCCC(=O)c1ccc2c(c1)CC(C(C)C)=N2.Cc1cc2ccccc2n1C(C)C.Cc1ccc2nc(C(C)C)oc2c1.Cc1ccc2oc(C(C)C)nc2c1.Cc1ccc2sc(C(C)C)nc2c1.Cc1cccc2c1CC(C(C)C)=N2. The van der Waals surface area contributed by atoms with Gasteiger partial charge in [-0.15, -0.1) is 11.3 Å². The van der Waals surface area contributed by atoms with E-state index in [-0.39, 0.29) is 5.78 Å². The molecule has 7 aromatic carbocycles. The third kappa shape index (κ3) is 22.1. The van der Waals surface area contributed by atoms with Crippen molar-refractivity contribution >= 4 is 94.1 Å². The van der Waals surface area contributed by atoms with Gasteiger partial charge in [0.25, 0.3) is 0 Å². The molecule has 0 saturated heterocycles. The second-order valence-electron chi connectivity index (χ2n) is 30.0. The first-order chi connectivity index (χ1) is 49.6. The van der Waals surface area contributed by atoms with Gasteiger partial charge in [0.2, 0.25) is 0 Å². The summed E-state index contributed by atoms with van der Waals surface area (Å²) in [5.41, 5.74) is 22.2. The number of carbonyl (C=O) groups excluding carboxylic acids is 1. The third-order valence-electron chi connectivity index (χ3n) is 18.3. The van der Waals surface area contributed by atoms with Crippen LogP contribution in [0, 0.1) is 46.5 Å². The van der Waals surface area contributed by atoms with Crippen LogP contribution in [0.5, 0.6) is 0 Å². The number of carbonyl (C=O) groups is 1. The van der Waals surface area contributed by atoms with Crippen LogP contribution >= 0.6 is 11.3 Å². The molecule has 0 atom stereocenters. The zero-order valence-electron chi connectivity index (χ0n) is 66.3. The molecule has 0 fully saturated rings. The Morgan fingerprint density at radius 3 is 1.73 bits per heavy atom. The number of rotatable bonds is 13. The number of imidazole rings is 1. The molecule has 13 heteroatoms. The first kappa shape index (κ1) is 80.4. The average Bonchev–Trinajstić information content (AvgIpc) is 1.66. The first-order valence-electron chi connectivity index (χ1n) is 37.7. The predicted molar refractivity (Wildman–Crippen MR) is 443 cm³/mol. The Balaban J connectivity index is 0.000000152. The summed E-state index contributed by atoms with van der Waals surface area (Å²) in [7, 11) is 0. The molecule has 0 aliphatic carbocycles. The number of ketones is 1. The molecule has 13 aromatic rings. The monoisotopic (exact) mass is 1410 g/mol. The Kier molecular flexibility index (Phi) is 29.3. The average molecular weight is 1420 g/mol. The van der Waals surface area contributed by atoms with Gasteiger partial charge in [0, 0.05) is 107 Å². The number of hydrogen-bond acceptors (Lipinski definition) is 10. The maximum atomic E-state index is 12.1. The number of oxazole rings is 2. The minimum atomic E-state index is 0.272. The Hall–Kier alpha value is -9.33. The highest BCUT2D eigenvalue weighted by Crippen LogP contribution is 2.34. The number of aliphatic imine (C=N–C) groups is 2. The fourth-order valence-electron chi connectivity index (χ4n) is 12.2. The number of benzene rings is 7. The lowest BCUT2D eigenvalue weighted by Crippen LogP contribution is -2.06. The smallest absolute Gasteiger partial charge is 0.198 e. The van der Waals surface area contributed by atoms with Crippen LogP contribution in [0.15, 0.2) is 195 Å². The highest BCUT2D eigenvalue weighted by atomic mass is 32.1. The quantitative estimate of drug-likeness (QED) is 0.0829. The van der Waals surface area contributed by atoms with E-state index in [0.717, 1.165) is 82.9 Å². The van der Waals surface area contributed by atoms with Crippen LogP contribution in [0.25, 0.3) is 54.2 Å². The molecule has 0 N–H and O–H groups in total. The van der Waals surface area contributed by atoms with Gasteiger partial charge in [-0.3, -0.25) is 14.8 Å². The summed E-state index contributed by atoms with van der Waals surface area (Å²) in [6.45, 7) is 47.2. The summed E-state index contributed by atoms with van der Waals surface area (Å²) in [5.74, 6) is 4.22. The fraction of sp³-hybridized carbons (Fsp3) is 0.396. The van der Waals surface area contributed by atoms with E-state index in [1.54, 1.807) is 17.5 Å². The molecule has 0 unspecified atom stereocenters. The van der Waals surface area contributed by atoms with Gasteiger partial charge < -0.3 is 22.5 Å². The summed E-state index contributed by atoms with van der Waals surface area (Å²) in [6.07, 6.45) is 13.7. The van der Waals surface area contributed by atoms with Gasteiger partial charge in [-0.25, -0.2) is 19.9 Å². The Morgan fingerprint density at radius 1 is 0.500 bits per heavy atom. The van der Waals surface area contributed by atoms with Crippen molar-refractivity contribution in [3.8, 4) is 0 Å². The summed E-state index contributed by atoms with van der Waals surface area (Å²) in [4.78, 5) is 38.6. The van der Waals surface area contributed by atoms with Gasteiger partial charge in [-0.05, 0) is 224 Å². The van der Waals surface area contributed by atoms with Gasteiger partial charge in [-0.2, -0.15) is 0 Å². The van der Waals surface area contributed by atoms with Crippen LogP contribution in [0.4, 0.5) is 11.4 Å². The molecule has 2 aliphatic rings. The number of aryl methyl sites for hydroxylation is 5. The Morgan fingerprint density at radius 2 is 1.12 bits per heavy atom. The second kappa shape index (κ2) is 37.9. The molecule has 2 aliphatic heterocycles. The van der Waals surface area contributed by atoms with Crippen molar-refractivity contribution in [2.45, 2.75) is 227 Å². The maximum absolute atomic E-state index is 12.1. The zero-order valence-corrected chi connectivity index (χ0v) is 67.1. The zero-order chi connectivity index (χ0) is 75.5. The standard InChI is InChI=1S/C17H23NO.2C12H15N.2C11H13NO.C11H13NS.C11H13N.C6H10N2/c1-4-5-6-7-17(19)13-8-9-15-14(10-13)11-16(18-15)12(2)3;1-8(2)12-7-10-9(3)5-4-6-11(10)13-12;1-9(2)13-10(3)8-11-6-4-5-7-12(11)13;1-7(2)11-12-9-6-8(3)4-5-10(9)13-11;1-7(2)11-12-9-5-4-8(3)6-10(9)13-11;1-7(2)11-12-9-6-8(3)4-5-10(9)13-11;1-9(2)12-8-7-10-5-3-4-6-11(10)12;1-6(2)8-4-3-7-5-8/h8-10,12H,4-7,11H2,1-3H3;4-6,8H,7H2,1-3H3;4-9H,1-3H3;3*4-7H,1-3H3;3-9H,1-2H3;3-6H,1-2H3. The van der Waals surface area contributed by atoms with Crippen molar-refractivity contribution in [3.63, 3.8) is 0 Å². The molecule has 0 radical (unpaired) electrons. The molecule has 12 nitrogen and oxygen atoms in total. The van der Waals surface area contributed by atoms with Crippen LogP contribution in [0.3, 0.4) is 0 Å². The largest absolute Gasteiger partial charge is 0.440 e. The van der Waals surface area contributed by atoms with E-state index in [1.165, 1.54) is 87.7 Å². The lowest BCUT2D eigenvalue weighted by Gasteiger charge is -2.11. The molecule has 0 amide bonds. The number of hydrogen-bond donors (Lipinski definition) is 0. The van der Waals surface area contributed by atoms with Gasteiger partial charge >= 0.3 is 0 Å². The van der Waals surface area contributed by atoms with Crippen molar-refractivity contribution in [2.75, 3.05) is 0 Å². The number of fused-ring (bicyclic) bond motifs is 7. The Bertz CT molecular complexity index is 4740. The van der Waals surface area contributed by atoms with Crippen molar-refractivity contribution in [2.24, 2.45) is 21.8 Å². The molecule has 0 saturated carbocycles. The van der Waals surface area contributed by atoms with E-state index in [1.807, 2.05) is 61.1 Å². The van der Waals surface area contributed by atoms with Crippen LogP contribution in [-0.2, 0) is 12.8 Å². The van der Waals surface area contributed by atoms with Gasteiger partial charge in [0.15, 0.2) is 28.7 Å². The van der Waals surface area contributed by atoms with Crippen LogP contribution in [-0.4, -0.2) is 50.8 Å². The summed E-state index contributed by atoms with van der Waals surface area (Å²) in [6, 6.07) is 54.0. The number of para-hydroxylation sites is 2. The molecular formula is C91H115N9O3S. The fourth-order valence-corrected chi connectivity index (χ4v) is 13.1. The van der Waals surface area contributed by atoms with Crippen molar-refractivity contribution in [3.05, 3.63) is 238 Å².